The van der Waals surface area contributed by atoms with Crippen molar-refractivity contribution in [1.82, 2.24) is 4.31 Å². The maximum Gasteiger partial charge on any atom is 0.263 e. The van der Waals surface area contributed by atoms with Crippen molar-refractivity contribution in [1.29, 1.82) is 0 Å². The van der Waals surface area contributed by atoms with Crippen LogP contribution in [0.25, 0.3) is 0 Å². The molecular formula is C11H10FNOS. The number of benzene rings is 1. The van der Waals surface area contributed by atoms with E-state index in [-0.39, 0.29) is 11.7 Å². The molecule has 0 spiro atoms. The third kappa shape index (κ3) is 2.39. The van der Waals surface area contributed by atoms with Crippen LogP contribution < -0.4 is 0 Å². The van der Waals surface area contributed by atoms with Gasteiger partial charge in [-0.3, -0.25) is 9.10 Å². The fourth-order valence-corrected chi connectivity index (χ4v) is 2.10. The van der Waals surface area contributed by atoms with Crippen molar-refractivity contribution in [3.8, 4) is 0 Å². The van der Waals surface area contributed by atoms with E-state index in [4.69, 9.17) is 0 Å². The molecule has 0 saturated carbocycles. The second-order valence-electron chi connectivity index (χ2n) is 3.18. The molecule has 0 saturated heterocycles. The zero-order chi connectivity index (χ0) is 10.7. The summed E-state index contributed by atoms with van der Waals surface area (Å²) in [6.45, 7) is 0.706. The van der Waals surface area contributed by atoms with Crippen LogP contribution in [0.15, 0.2) is 35.7 Å². The van der Waals surface area contributed by atoms with E-state index in [1.807, 2.05) is 11.5 Å². The summed E-state index contributed by atoms with van der Waals surface area (Å²) in [6, 6.07) is 5.63. The molecule has 1 aromatic carbocycles. The van der Waals surface area contributed by atoms with E-state index >= 15 is 0 Å². The molecule has 2 nitrogen and oxygen atoms in total. The number of amides is 1. The third-order valence-corrected chi connectivity index (χ3v) is 3.02. The van der Waals surface area contributed by atoms with Crippen molar-refractivity contribution >= 4 is 17.9 Å². The van der Waals surface area contributed by atoms with E-state index in [1.165, 1.54) is 36.2 Å². The van der Waals surface area contributed by atoms with Crippen LogP contribution in [0.4, 0.5) is 4.39 Å². The second-order valence-corrected chi connectivity index (χ2v) is 4.10. The standard InChI is InChI=1S/C11H10FNOS/c12-10-5-3-9(4-6-10)11(14)13-7-1-2-8-15-13/h2-6,8H,1,7H2. The van der Waals surface area contributed by atoms with Crippen molar-refractivity contribution < 1.29 is 9.18 Å². The molecule has 1 amide bonds. The van der Waals surface area contributed by atoms with Gasteiger partial charge < -0.3 is 0 Å². The highest BCUT2D eigenvalue weighted by Crippen LogP contribution is 2.20. The first kappa shape index (κ1) is 10.2. The normalized spacial score (nSPS) is 15.4. The van der Waals surface area contributed by atoms with Gasteiger partial charge in [-0.1, -0.05) is 6.08 Å². The van der Waals surface area contributed by atoms with Crippen LogP contribution >= 0.6 is 11.9 Å². The van der Waals surface area contributed by atoms with E-state index in [2.05, 4.69) is 0 Å². The van der Waals surface area contributed by atoms with Gasteiger partial charge in [0.25, 0.3) is 5.91 Å². The zero-order valence-corrected chi connectivity index (χ0v) is 8.84. The maximum atomic E-state index is 12.7. The van der Waals surface area contributed by atoms with E-state index < -0.39 is 0 Å². The lowest BCUT2D eigenvalue weighted by Gasteiger charge is -2.21. The average Bonchev–Trinajstić information content (AvgIpc) is 2.30. The van der Waals surface area contributed by atoms with Gasteiger partial charge in [-0.25, -0.2) is 4.39 Å². The summed E-state index contributed by atoms with van der Waals surface area (Å²) in [5.41, 5.74) is 0.527. The Morgan fingerprint density at radius 2 is 2.07 bits per heavy atom. The predicted molar refractivity (Wildman–Crippen MR) is 58.8 cm³/mol. The molecule has 0 aliphatic carbocycles. The maximum absolute atomic E-state index is 12.7. The van der Waals surface area contributed by atoms with Gasteiger partial charge >= 0.3 is 0 Å². The Hall–Kier alpha value is -1.29. The molecule has 0 radical (unpaired) electrons. The van der Waals surface area contributed by atoms with Gasteiger partial charge in [0, 0.05) is 12.1 Å². The quantitative estimate of drug-likeness (QED) is 0.682. The molecule has 1 aliphatic heterocycles. The van der Waals surface area contributed by atoms with Crippen LogP contribution in [-0.2, 0) is 0 Å². The van der Waals surface area contributed by atoms with Crippen molar-refractivity contribution in [2.45, 2.75) is 6.42 Å². The van der Waals surface area contributed by atoms with Crippen LogP contribution in [0.5, 0.6) is 0 Å². The Labute approximate surface area is 91.9 Å². The third-order valence-electron chi connectivity index (χ3n) is 2.10. The topological polar surface area (TPSA) is 20.3 Å². The number of hydrogen-bond donors (Lipinski definition) is 0. The van der Waals surface area contributed by atoms with E-state index in [0.717, 1.165) is 6.42 Å². The molecule has 0 fully saturated rings. The molecule has 1 heterocycles. The average molecular weight is 223 g/mol. The Balaban J connectivity index is 2.13. The number of rotatable bonds is 1. The fourth-order valence-electron chi connectivity index (χ4n) is 1.31. The molecule has 2 rings (SSSR count). The lowest BCUT2D eigenvalue weighted by atomic mass is 10.2. The SMILES string of the molecule is O=C(c1ccc(F)cc1)N1CCC=CS1. The molecule has 0 unspecified atom stereocenters. The lowest BCUT2D eigenvalue weighted by Crippen LogP contribution is -2.25. The first-order chi connectivity index (χ1) is 7.27. The minimum absolute atomic E-state index is 0.0654. The monoisotopic (exact) mass is 223 g/mol. The highest BCUT2D eigenvalue weighted by molar-refractivity contribution is 8.00. The van der Waals surface area contributed by atoms with Crippen LogP contribution in [0.3, 0.4) is 0 Å². The smallest absolute Gasteiger partial charge is 0.263 e. The van der Waals surface area contributed by atoms with Gasteiger partial charge in [0.05, 0.1) is 0 Å². The van der Waals surface area contributed by atoms with Gasteiger partial charge in [-0.15, -0.1) is 0 Å². The van der Waals surface area contributed by atoms with Crippen LogP contribution in [-0.4, -0.2) is 16.8 Å². The van der Waals surface area contributed by atoms with Gasteiger partial charge in [0.1, 0.15) is 5.82 Å². The van der Waals surface area contributed by atoms with Crippen molar-refractivity contribution in [3.63, 3.8) is 0 Å². The number of carbonyl (C=O) groups is 1. The molecular weight excluding hydrogens is 213 g/mol. The Morgan fingerprint density at radius 1 is 1.33 bits per heavy atom. The Bertz CT molecular complexity index is 388. The van der Waals surface area contributed by atoms with Gasteiger partial charge in [0.2, 0.25) is 0 Å². The first-order valence-electron chi connectivity index (χ1n) is 4.66. The van der Waals surface area contributed by atoms with Gasteiger partial charge in [-0.05, 0) is 48.0 Å². The molecule has 0 N–H and O–H groups in total. The molecule has 0 aromatic heterocycles. The highest BCUT2D eigenvalue weighted by Gasteiger charge is 2.16. The van der Waals surface area contributed by atoms with Crippen molar-refractivity contribution in [3.05, 3.63) is 47.1 Å². The van der Waals surface area contributed by atoms with E-state index in [9.17, 15) is 9.18 Å². The van der Waals surface area contributed by atoms with Crippen LogP contribution in [0.2, 0.25) is 0 Å². The largest absolute Gasteiger partial charge is 0.278 e. The van der Waals surface area contributed by atoms with Crippen LogP contribution in [0, 0.1) is 5.82 Å². The summed E-state index contributed by atoms with van der Waals surface area (Å²) in [5, 5.41) is 1.89. The first-order valence-corrected chi connectivity index (χ1v) is 5.50. The number of halogens is 1. The molecule has 1 aromatic rings. The molecule has 0 atom stereocenters. The molecule has 15 heavy (non-hydrogen) atoms. The van der Waals surface area contributed by atoms with E-state index in [0.29, 0.717) is 12.1 Å². The summed E-state index contributed by atoms with van der Waals surface area (Å²) < 4.78 is 14.3. The minimum atomic E-state index is -0.322. The van der Waals surface area contributed by atoms with Gasteiger partial charge in [0.15, 0.2) is 0 Å². The molecule has 1 aliphatic rings. The lowest BCUT2D eigenvalue weighted by molar-refractivity contribution is 0.0873. The Morgan fingerprint density at radius 3 is 2.67 bits per heavy atom. The molecule has 4 heteroatoms. The number of hydrogen-bond acceptors (Lipinski definition) is 2. The number of carbonyl (C=O) groups excluding carboxylic acids is 1. The van der Waals surface area contributed by atoms with Gasteiger partial charge in [-0.2, -0.15) is 0 Å². The zero-order valence-electron chi connectivity index (χ0n) is 8.02. The summed E-state index contributed by atoms with van der Waals surface area (Å²) in [4.78, 5) is 11.9. The fraction of sp³-hybridized carbons (Fsp3) is 0.182. The predicted octanol–water partition coefficient (Wildman–Crippen LogP) is 2.83. The highest BCUT2D eigenvalue weighted by atomic mass is 32.2. The van der Waals surface area contributed by atoms with E-state index in [1.54, 1.807) is 4.31 Å². The summed E-state index contributed by atoms with van der Waals surface area (Å²) in [6.07, 6.45) is 2.90. The van der Waals surface area contributed by atoms with Crippen molar-refractivity contribution in [2.75, 3.05) is 6.54 Å². The Kier molecular flexibility index (Phi) is 3.06. The number of nitrogens with zero attached hydrogens (tertiary/aromatic N) is 1. The summed E-state index contributed by atoms with van der Waals surface area (Å²) >= 11 is 1.38. The summed E-state index contributed by atoms with van der Waals surface area (Å²) in [5.74, 6) is -0.387. The van der Waals surface area contributed by atoms with Crippen LogP contribution in [0.1, 0.15) is 16.8 Å². The summed E-state index contributed by atoms with van der Waals surface area (Å²) in [7, 11) is 0. The minimum Gasteiger partial charge on any atom is -0.278 e. The molecule has 0 bridgehead atoms. The van der Waals surface area contributed by atoms with Crippen molar-refractivity contribution in [2.24, 2.45) is 0 Å². The second kappa shape index (κ2) is 4.49. The molecule has 78 valence electrons.